The zero-order chi connectivity index (χ0) is 18.5. The lowest BCUT2D eigenvalue weighted by molar-refractivity contribution is 0.0595. The number of tetrazole rings is 1. The molecule has 8 heteroatoms. The predicted molar refractivity (Wildman–Crippen MR) is 95.2 cm³/mol. The Morgan fingerprint density at radius 3 is 2.58 bits per heavy atom. The van der Waals surface area contributed by atoms with E-state index < -0.39 is 0 Å². The normalized spacial score (nSPS) is 12.0. The highest BCUT2D eigenvalue weighted by atomic mass is 16.5. The minimum absolute atomic E-state index is 0.114. The number of methoxy groups -OCH3 is 1. The molecule has 3 rings (SSSR count). The number of carbonyl (C=O) groups is 1. The van der Waals surface area contributed by atoms with Crippen LogP contribution in [0.3, 0.4) is 0 Å². The van der Waals surface area contributed by atoms with E-state index in [-0.39, 0.29) is 11.9 Å². The molecule has 0 saturated carbocycles. The fraction of sp³-hybridized carbons (Fsp3) is 0.278. The van der Waals surface area contributed by atoms with Gasteiger partial charge in [0, 0.05) is 31.5 Å². The van der Waals surface area contributed by atoms with Crippen molar-refractivity contribution < 1.29 is 9.53 Å². The van der Waals surface area contributed by atoms with Crippen LogP contribution < -0.4 is 0 Å². The number of pyridine rings is 1. The number of hydrogen-bond donors (Lipinski definition) is 0. The molecule has 0 aliphatic carbocycles. The molecule has 134 valence electrons. The van der Waals surface area contributed by atoms with Gasteiger partial charge in [0.15, 0.2) is 0 Å². The standard InChI is InChI=1S/C18H20N6O2/c1-23(16(12-26-3)15-6-4-5-11-19-15)18(25)14-9-7-13(8-10-14)17-20-22-24(2)21-17/h4-11,16H,12H2,1-3H3/t16-/m0/s1. The zero-order valence-electron chi connectivity index (χ0n) is 14.9. The maximum atomic E-state index is 12.9. The molecular weight excluding hydrogens is 332 g/mol. The van der Waals surface area contributed by atoms with Gasteiger partial charge < -0.3 is 9.64 Å². The van der Waals surface area contributed by atoms with E-state index in [9.17, 15) is 4.79 Å². The summed E-state index contributed by atoms with van der Waals surface area (Å²) in [5, 5.41) is 11.9. The lowest BCUT2D eigenvalue weighted by Crippen LogP contribution is -2.34. The van der Waals surface area contributed by atoms with Crippen LogP contribution in [-0.4, -0.2) is 56.8 Å². The Hall–Kier alpha value is -3.13. The lowest BCUT2D eigenvalue weighted by Gasteiger charge is -2.27. The lowest BCUT2D eigenvalue weighted by atomic mass is 10.1. The van der Waals surface area contributed by atoms with Gasteiger partial charge in [-0.25, -0.2) is 0 Å². The van der Waals surface area contributed by atoms with Crippen molar-refractivity contribution in [2.45, 2.75) is 6.04 Å². The first kappa shape index (κ1) is 17.7. The molecule has 2 aromatic heterocycles. The number of aromatic nitrogens is 5. The predicted octanol–water partition coefficient (Wildman–Crippen LogP) is 1.73. The average Bonchev–Trinajstić information content (AvgIpc) is 3.12. The summed E-state index contributed by atoms with van der Waals surface area (Å²) in [6.07, 6.45) is 1.71. The molecule has 26 heavy (non-hydrogen) atoms. The van der Waals surface area contributed by atoms with Crippen LogP contribution in [0.5, 0.6) is 0 Å². The number of carbonyl (C=O) groups excluding carboxylic acids is 1. The van der Waals surface area contributed by atoms with Gasteiger partial charge in [-0.05, 0) is 29.5 Å². The van der Waals surface area contributed by atoms with Crippen LogP contribution in [0.15, 0.2) is 48.7 Å². The third-order valence-corrected chi connectivity index (χ3v) is 4.04. The summed E-state index contributed by atoms with van der Waals surface area (Å²) >= 11 is 0. The van der Waals surface area contributed by atoms with Gasteiger partial charge in [-0.2, -0.15) is 4.80 Å². The van der Waals surface area contributed by atoms with Crippen molar-refractivity contribution in [1.82, 2.24) is 30.1 Å². The largest absolute Gasteiger partial charge is 0.382 e. The van der Waals surface area contributed by atoms with Gasteiger partial charge in [0.25, 0.3) is 5.91 Å². The average molecular weight is 352 g/mol. The van der Waals surface area contributed by atoms with Crippen LogP contribution in [-0.2, 0) is 11.8 Å². The number of aryl methyl sites for hydroxylation is 1. The molecule has 1 aromatic carbocycles. The van der Waals surface area contributed by atoms with Gasteiger partial charge in [-0.3, -0.25) is 9.78 Å². The van der Waals surface area contributed by atoms with Crippen molar-refractivity contribution in [3.8, 4) is 11.4 Å². The van der Waals surface area contributed by atoms with E-state index in [2.05, 4.69) is 20.4 Å². The summed E-state index contributed by atoms with van der Waals surface area (Å²) in [7, 11) is 5.06. The van der Waals surface area contributed by atoms with Crippen molar-refractivity contribution in [1.29, 1.82) is 0 Å². The minimum Gasteiger partial charge on any atom is -0.382 e. The molecule has 0 spiro atoms. The van der Waals surface area contributed by atoms with Gasteiger partial charge in [-0.1, -0.05) is 18.2 Å². The summed E-state index contributed by atoms with van der Waals surface area (Å²) in [4.78, 5) is 20.3. The summed E-state index contributed by atoms with van der Waals surface area (Å²) in [6.45, 7) is 0.362. The second-order valence-electron chi connectivity index (χ2n) is 5.82. The number of likely N-dealkylation sites (N-methyl/N-ethyl adjacent to an activating group) is 1. The second-order valence-corrected chi connectivity index (χ2v) is 5.82. The fourth-order valence-corrected chi connectivity index (χ4v) is 2.63. The summed E-state index contributed by atoms with van der Waals surface area (Å²) < 4.78 is 5.29. The molecule has 0 bridgehead atoms. The first-order valence-corrected chi connectivity index (χ1v) is 8.11. The molecule has 0 N–H and O–H groups in total. The van der Waals surface area contributed by atoms with Crippen LogP contribution in [0.1, 0.15) is 22.1 Å². The van der Waals surface area contributed by atoms with E-state index >= 15 is 0 Å². The van der Waals surface area contributed by atoms with Crippen LogP contribution in [0.2, 0.25) is 0 Å². The molecule has 2 heterocycles. The Morgan fingerprint density at radius 2 is 2.00 bits per heavy atom. The third-order valence-electron chi connectivity index (χ3n) is 4.04. The van der Waals surface area contributed by atoms with E-state index in [4.69, 9.17) is 4.74 Å². The molecular formula is C18H20N6O2. The van der Waals surface area contributed by atoms with Crippen molar-refractivity contribution in [2.75, 3.05) is 20.8 Å². The number of nitrogens with zero attached hydrogens (tertiary/aromatic N) is 6. The Labute approximate surface area is 151 Å². The minimum atomic E-state index is -0.268. The highest BCUT2D eigenvalue weighted by Gasteiger charge is 2.23. The Bertz CT molecular complexity index is 863. The molecule has 1 atom stereocenters. The number of rotatable bonds is 6. The second kappa shape index (κ2) is 7.83. The van der Waals surface area contributed by atoms with Crippen LogP contribution in [0, 0.1) is 0 Å². The van der Waals surface area contributed by atoms with Crippen LogP contribution in [0.4, 0.5) is 0 Å². The highest BCUT2D eigenvalue weighted by Crippen LogP contribution is 2.21. The maximum absolute atomic E-state index is 12.9. The van der Waals surface area contributed by atoms with Crippen LogP contribution in [0.25, 0.3) is 11.4 Å². The molecule has 0 aliphatic heterocycles. The van der Waals surface area contributed by atoms with E-state index in [0.717, 1.165) is 11.3 Å². The Kier molecular flexibility index (Phi) is 5.33. The topological polar surface area (TPSA) is 86.0 Å². The number of ether oxygens (including phenoxy) is 1. The van der Waals surface area contributed by atoms with E-state index in [1.807, 2.05) is 30.3 Å². The van der Waals surface area contributed by atoms with Crippen molar-refractivity contribution >= 4 is 5.91 Å². The summed E-state index contributed by atoms with van der Waals surface area (Å²) in [6, 6.07) is 12.5. The summed E-state index contributed by atoms with van der Waals surface area (Å²) in [5.41, 5.74) is 2.15. The number of benzene rings is 1. The molecule has 0 aliphatic rings. The van der Waals surface area contributed by atoms with Gasteiger partial charge in [0.1, 0.15) is 0 Å². The number of amides is 1. The van der Waals surface area contributed by atoms with E-state index in [1.165, 1.54) is 4.80 Å². The van der Waals surface area contributed by atoms with Gasteiger partial charge in [-0.15, -0.1) is 10.2 Å². The number of hydrogen-bond acceptors (Lipinski definition) is 6. The van der Waals surface area contributed by atoms with E-state index in [0.29, 0.717) is 18.0 Å². The molecule has 0 saturated heterocycles. The molecule has 1 amide bonds. The molecule has 3 aromatic rings. The van der Waals surface area contributed by atoms with Gasteiger partial charge >= 0.3 is 0 Å². The zero-order valence-corrected chi connectivity index (χ0v) is 14.9. The van der Waals surface area contributed by atoms with Gasteiger partial charge in [0.05, 0.1) is 25.4 Å². The first-order chi connectivity index (χ1) is 12.6. The molecule has 8 nitrogen and oxygen atoms in total. The highest BCUT2D eigenvalue weighted by molar-refractivity contribution is 5.94. The van der Waals surface area contributed by atoms with Crippen molar-refractivity contribution in [3.05, 3.63) is 59.9 Å². The van der Waals surface area contributed by atoms with Gasteiger partial charge in [0.2, 0.25) is 5.82 Å². The molecule has 0 unspecified atom stereocenters. The smallest absolute Gasteiger partial charge is 0.254 e. The quantitative estimate of drug-likeness (QED) is 0.672. The Morgan fingerprint density at radius 1 is 1.23 bits per heavy atom. The first-order valence-electron chi connectivity index (χ1n) is 8.11. The third kappa shape index (κ3) is 3.75. The fourth-order valence-electron chi connectivity index (χ4n) is 2.63. The van der Waals surface area contributed by atoms with Crippen molar-refractivity contribution in [2.24, 2.45) is 7.05 Å². The molecule has 0 fully saturated rings. The molecule has 0 radical (unpaired) electrons. The SMILES string of the molecule is COC[C@@H](c1ccccn1)N(C)C(=O)c1ccc(-c2nnn(C)n2)cc1. The summed E-state index contributed by atoms with van der Waals surface area (Å²) in [5.74, 6) is 0.405. The monoisotopic (exact) mass is 352 g/mol. The van der Waals surface area contributed by atoms with Crippen molar-refractivity contribution in [3.63, 3.8) is 0 Å². The maximum Gasteiger partial charge on any atom is 0.254 e. The van der Waals surface area contributed by atoms with E-state index in [1.54, 1.807) is 44.4 Å². The van der Waals surface area contributed by atoms with Crippen LogP contribution >= 0.6 is 0 Å². The Balaban J connectivity index is 1.80.